The molecule has 1 saturated carbocycles. The topological polar surface area (TPSA) is 66.4 Å². The molecule has 0 saturated heterocycles. The monoisotopic (exact) mass is 313 g/mol. The summed E-state index contributed by atoms with van der Waals surface area (Å²) in [7, 11) is 0. The summed E-state index contributed by atoms with van der Waals surface area (Å²) in [5.74, 6) is -2.92. The van der Waals surface area contributed by atoms with E-state index in [4.69, 9.17) is 11.6 Å². The molecule has 2 rings (SSSR count). The van der Waals surface area contributed by atoms with Crippen LogP contribution in [-0.4, -0.2) is 22.5 Å². The predicted molar refractivity (Wildman–Crippen MR) is 76.9 cm³/mol. The second-order valence-electron chi connectivity index (χ2n) is 5.63. The van der Waals surface area contributed by atoms with Crippen molar-refractivity contribution < 1.29 is 19.1 Å². The molecule has 0 aliphatic heterocycles. The normalized spacial score (nSPS) is 25.4. The van der Waals surface area contributed by atoms with Crippen molar-refractivity contribution in [2.45, 2.75) is 38.1 Å². The highest BCUT2D eigenvalue weighted by Crippen LogP contribution is 2.34. The summed E-state index contributed by atoms with van der Waals surface area (Å²) >= 11 is 5.78. The molecule has 0 aromatic heterocycles. The Balaban J connectivity index is 2.24. The van der Waals surface area contributed by atoms with Gasteiger partial charge in [-0.3, -0.25) is 9.59 Å². The van der Waals surface area contributed by atoms with Crippen molar-refractivity contribution in [2.75, 3.05) is 0 Å². The van der Waals surface area contributed by atoms with Crippen LogP contribution in [0.15, 0.2) is 18.2 Å². The molecule has 1 aliphatic rings. The van der Waals surface area contributed by atoms with Crippen LogP contribution in [0.25, 0.3) is 0 Å². The van der Waals surface area contributed by atoms with Gasteiger partial charge < -0.3 is 10.4 Å². The minimum absolute atomic E-state index is 0.168. The van der Waals surface area contributed by atoms with E-state index >= 15 is 0 Å². The third-order valence-corrected chi connectivity index (χ3v) is 4.31. The molecule has 2 unspecified atom stereocenters. The predicted octanol–water partition coefficient (Wildman–Crippen LogP) is 3.24. The molecule has 1 aromatic rings. The largest absolute Gasteiger partial charge is 0.481 e. The van der Waals surface area contributed by atoms with Crippen LogP contribution in [0.1, 0.15) is 43.0 Å². The zero-order valence-electron chi connectivity index (χ0n) is 11.7. The van der Waals surface area contributed by atoms with Gasteiger partial charge in [-0.05, 0) is 38.0 Å². The number of carboxylic acid groups (broad SMARTS) is 1. The average molecular weight is 314 g/mol. The Morgan fingerprint density at radius 3 is 2.81 bits per heavy atom. The molecule has 21 heavy (non-hydrogen) atoms. The van der Waals surface area contributed by atoms with Gasteiger partial charge in [0.25, 0.3) is 5.91 Å². The number of amides is 1. The smallest absolute Gasteiger partial charge is 0.308 e. The third-order valence-electron chi connectivity index (χ3n) is 4.08. The lowest BCUT2D eigenvalue weighted by Crippen LogP contribution is -2.55. The quantitative estimate of drug-likeness (QED) is 0.900. The van der Waals surface area contributed by atoms with Gasteiger partial charge in [0, 0.05) is 5.02 Å². The minimum Gasteiger partial charge on any atom is -0.481 e. The van der Waals surface area contributed by atoms with Crippen LogP contribution in [-0.2, 0) is 4.79 Å². The van der Waals surface area contributed by atoms with E-state index in [9.17, 15) is 19.1 Å². The number of carbonyl (C=O) groups is 2. The molecule has 0 spiro atoms. The van der Waals surface area contributed by atoms with Crippen LogP contribution in [0.3, 0.4) is 0 Å². The fourth-order valence-corrected chi connectivity index (χ4v) is 3.05. The molecular weight excluding hydrogens is 297 g/mol. The first-order valence-corrected chi connectivity index (χ1v) is 7.21. The zero-order chi connectivity index (χ0) is 15.6. The van der Waals surface area contributed by atoms with Gasteiger partial charge >= 0.3 is 5.97 Å². The number of halogens is 2. The lowest BCUT2D eigenvalue weighted by molar-refractivity contribution is -0.145. The van der Waals surface area contributed by atoms with Crippen molar-refractivity contribution in [2.24, 2.45) is 5.92 Å². The van der Waals surface area contributed by atoms with E-state index in [0.29, 0.717) is 12.8 Å². The lowest BCUT2D eigenvalue weighted by Gasteiger charge is -2.39. The van der Waals surface area contributed by atoms with Crippen molar-refractivity contribution in [3.63, 3.8) is 0 Å². The Hall–Kier alpha value is -1.62. The molecule has 1 amide bonds. The minimum atomic E-state index is -0.941. The summed E-state index contributed by atoms with van der Waals surface area (Å²) in [5.41, 5.74) is -1.05. The van der Waals surface area contributed by atoms with E-state index in [1.807, 2.05) is 0 Å². The zero-order valence-corrected chi connectivity index (χ0v) is 12.4. The average Bonchev–Trinajstić information content (AvgIpc) is 2.41. The second kappa shape index (κ2) is 6.02. The Kier molecular flexibility index (Phi) is 4.52. The van der Waals surface area contributed by atoms with Crippen molar-refractivity contribution in [3.05, 3.63) is 34.6 Å². The maximum absolute atomic E-state index is 13.7. The fraction of sp³-hybridized carbons (Fsp3) is 0.467. The molecule has 0 heterocycles. The van der Waals surface area contributed by atoms with Crippen molar-refractivity contribution in [1.82, 2.24) is 5.32 Å². The van der Waals surface area contributed by atoms with E-state index in [-0.39, 0.29) is 10.6 Å². The van der Waals surface area contributed by atoms with E-state index in [1.54, 1.807) is 6.92 Å². The molecule has 1 aliphatic carbocycles. The van der Waals surface area contributed by atoms with Crippen molar-refractivity contribution in [3.8, 4) is 0 Å². The number of hydrogen-bond acceptors (Lipinski definition) is 2. The third kappa shape index (κ3) is 3.35. The highest BCUT2D eigenvalue weighted by molar-refractivity contribution is 6.31. The highest BCUT2D eigenvalue weighted by Gasteiger charge is 2.42. The maximum Gasteiger partial charge on any atom is 0.308 e. The van der Waals surface area contributed by atoms with Crippen molar-refractivity contribution >= 4 is 23.5 Å². The summed E-state index contributed by atoms with van der Waals surface area (Å²) in [6, 6.07) is 3.72. The molecule has 4 nitrogen and oxygen atoms in total. The fourth-order valence-electron chi connectivity index (χ4n) is 2.88. The molecule has 114 valence electrons. The molecule has 2 N–H and O–H groups in total. The van der Waals surface area contributed by atoms with Crippen LogP contribution in [0.4, 0.5) is 4.39 Å². The van der Waals surface area contributed by atoms with Gasteiger partial charge in [-0.1, -0.05) is 24.4 Å². The molecule has 1 fully saturated rings. The Bertz CT molecular complexity index is 578. The summed E-state index contributed by atoms with van der Waals surface area (Å²) < 4.78 is 13.7. The SMILES string of the molecule is CC1(NC(=O)c2cc(Cl)ccc2F)CCCCC1C(=O)O. The van der Waals surface area contributed by atoms with Gasteiger partial charge in [-0.15, -0.1) is 0 Å². The van der Waals surface area contributed by atoms with Gasteiger partial charge in [0.2, 0.25) is 0 Å². The Morgan fingerprint density at radius 1 is 1.43 bits per heavy atom. The van der Waals surface area contributed by atoms with Gasteiger partial charge in [0.05, 0.1) is 17.0 Å². The number of carbonyl (C=O) groups excluding carboxylic acids is 1. The van der Waals surface area contributed by atoms with E-state index < -0.39 is 29.2 Å². The summed E-state index contributed by atoms with van der Waals surface area (Å²) in [4.78, 5) is 23.6. The van der Waals surface area contributed by atoms with Crippen LogP contribution in [0.2, 0.25) is 5.02 Å². The van der Waals surface area contributed by atoms with Crippen LogP contribution >= 0.6 is 11.6 Å². The van der Waals surface area contributed by atoms with Gasteiger partial charge in [-0.2, -0.15) is 0 Å². The van der Waals surface area contributed by atoms with Gasteiger partial charge in [0.1, 0.15) is 5.82 Å². The summed E-state index contributed by atoms with van der Waals surface area (Å²) in [5, 5.41) is 12.3. The number of carboxylic acids is 1. The summed E-state index contributed by atoms with van der Waals surface area (Å²) in [6.45, 7) is 1.70. The summed E-state index contributed by atoms with van der Waals surface area (Å²) in [6.07, 6.45) is 2.70. The van der Waals surface area contributed by atoms with Gasteiger partial charge in [-0.25, -0.2) is 4.39 Å². The first-order chi connectivity index (χ1) is 9.83. The lowest BCUT2D eigenvalue weighted by atomic mass is 9.73. The van der Waals surface area contributed by atoms with Crippen LogP contribution in [0.5, 0.6) is 0 Å². The molecular formula is C15H17ClFNO3. The number of rotatable bonds is 3. The standard InChI is InChI=1S/C15H17ClFNO3/c1-15(7-3-2-4-11(15)14(20)21)18-13(19)10-8-9(16)5-6-12(10)17/h5-6,8,11H,2-4,7H2,1H3,(H,18,19)(H,20,21). The number of nitrogens with one attached hydrogen (secondary N) is 1. The number of aliphatic carboxylic acids is 1. The first kappa shape index (κ1) is 15.8. The molecule has 0 radical (unpaired) electrons. The maximum atomic E-state index is 13.7. The molecule has 6 heteroatoms. The second-order valence-corrected chi connectivity index (χ2v) is 6.07. The van der Waals surface area contributed by atoms with E-state index in [1.165, 1.54) is 12.1 Å². The van der Waals surface area contributed by atoms with Crippen LogP contribution < -0.4 is 5.32 Å². The van der Waals surface area contributed by atoms with E-state index in [0.717, 1.165) is 18.9 Å². The highest BCUT2D eigenvalue weighted by atomic mass is 35.5. The Morgan fingerprint density at radius 2 is 2.14 bits per heavy atom. The van der Waals surface area contributed by atoms with E-state index in [2.05, 4.69) is 5.32 Å². The number of benzene rings is 1. The first-order valence-electron chi connectivity index (χ1n) is 6.84. The van der Waals surface area contributed by atoms with Gasteiger partial charge in [0.15, 0.2) is 0 Å². The Labute approximate surface area is 127 Å². The molecule has 1 aromatic carbocycles. The van der Waals surface area contributed by atoms with Crippen molar-refractivity contribution in [1.29, 1.82) is 0 Å². The number of hydrogen-bond donors (Lipinski definition) is 2. The van der Waals surface area contributed by atoms with Crippen LogP contribution in [0, 0.1) is 11.7 Å². The molecule has 0 bridgehead atoms. The molecule has 2 atom stereocenters.